The van der Waals surface area contributed by atoms with Gasteiger partial charge in [-0.25, -0.2) is 4.79 Å². The lowest BCUT2D eigenvalue weighted by atomic mass is 9.53. The predicted molar refractivity (Wildman–Crippen MR) is 113 cm³/mol. The molecule has 4 aliphatic rings. The van der Waals surface area contributed by atoms with Crippen molar-refractivity contribution in [1.82, 2.24) is 4.90 Å². The van der Waals surface area contributed by atoms with Gasteiger partial charge in [0, 0.05) is 22.9 Å². The van der Waals surface area contributed by atoms with Gasteiger partial charge >= 0.3 is 5.97 Å². The molecule has 2 aliphatic carbocycles. The molecule has 0 unspecified atom stereocenters. The van der Waals surface area contributed by atoms with Crippen LogP contribution < -0.4 is 4.74 Å². The number of aliphatic hydroxyl groups is 5. The lowest BCUT2D eigenvalue weighted by molar-refractivity contribution is -0.179. The first kappa shape index (κ1) is 22.6. The number of carbonyl (C=O) groups is 1. The number of piperidine rings is 1. The highest BCUT2D eigenvalue weighted by molar-refractivity contribution is 5.76. The van der Waals surface area contributed by atoms with Crippen molar-refractivity contribution in [1.29, 1.82) is 0 Å². The van der Waals surface area contributed by atoms with Crippen LogP contribution in [0.15, 0.2) is 24.3 Å². The zero-order valence-corrected chi connectivity index (χ0v) is 18.1. The number of carbonyl (C=O) groups excluding carboxylic acids is 1. The fraction of sp³-hybridized carbons (Fsp3) is 0.609. The molecule has 10 heteroatoms. The lowest BCUT2D eigenvalue weighted by Crippen LogP contribution is -2.65. The molecule has 1 aromatic rings. The molecule has 0 radical (unpaired) electrons. The topological polar surface area (TPSA) is 160 Å². The van der Waals surface area contributed by atoms with E-state index in [9.17, 15) is 30.3 Å². The van der Waals surface area contributed by atoms with E-state index in [-0.39, 0.29) is 17.7 Å². The van der Waals surface area contributed by atoms with Gasteiger partial charge in [-0.3, -0.25) is 0 Å². The number of likely N-dealkylation sites (N-methyl/N-ethyl adjacent to an activating group) is 1. The molecule has 2 bridgehead atoms. The quantitative estimate of drug-likeness (QED) is 0.210. The van der Waals surface area contributed by atoms with Crippen molar-refractivity contribution in [2.24, 2.45) is 5.92 Å². The molecule has 1 aromatic carbocycles. The molecule has 6 N–H and O–H groups in total. The first-order chi connectivity index (χ1) is 15.7. The summed E-state index contributed by atoms with van der Waals surface area (Å²) in [7, 11) is 2.08. The maximum absolute atomic E-state index is 12.6. The molecule has 1 saturated heterocycles. The molecule has 0 saturated carbocycles. The van der Waals surface area contributed by atoms with Crippen molar-refractivity contribution in [3.8, 4) is 11.5 Å². The van der Waals surface area contributed by atoms with E-state index in [1.54, 1.807) is 12.1 Å². The van der Waals surface area contributed by atoms with Gasteiger partial charge in [-0.2, -0.15) is 0 Å². The summed E-state index contributed by atoms with van der Waals surface area (Å²) in [6.45, 7) is -0.0540. The van der Waals surface area contributed by atoms with Gasteiger partial charge in [0.1, 0.15) is 24.4 Å². The maximum atomic E-state index is 12.6. The lowest BCUT2D eigenvalue weighted by Gasteiger charge is -2.56. The molecule has 9 atom stereocenters. The van der Waals surface area contributed by atoms with E-state index in [4.69, 9.17) is 14.6 Å². The molecule has 2 heterocycles. The Hall–Kier alpha value is -2.21. The molecule has 0 amide bonds. The first-order valence-corrected chi connectivity index (χ1v) is 11.1. The van der Waals surface area contributed by atoms with E-state index in [2.05, 4.69) is 11.9 Å². The molecule has 180 valence electrons. The minimum absolute atomic E-state index is 0.0234. The van der Waals surface area contributed by atoms with Crippen LogP contribution >= 0.6 is 0 Å². The van der Waals surface area contributed by atoms with Crippen LogP contribution in [0.2, 0.25) is 0 Å². The van der Waals surface area contributed by atoms with Crippen LogP contribution in [0.4, 0.5) is 0 Å². The average molecular weight is 463 g/mol. The van der Waals surface area contributed by atoms with Crippen LogP contribution in [0.25, 0.3) is 0 Å². The summed E-state index contributed by atoms with van der Waals surface area (Å²) in [6.07, 6.45) is -4.16. The summed E-state index contributed by atoms with van der Waals surface area (Å²) in [5.74, 6) is -0.683. The molecule has 1 fully saturated rings. The number of nitrogens with zero attached hydrogens (tertiary/aromatic N) is 1. The van der Waals surface area contributed by atoms with Gasteiger partial charge in [0.15, 0.2) is 23.7 Å². The smallest absolute Gasteiger partial charge is 0.338 e. The second-order valence-electron chi connectivity index (χ2n) is 9.52. The number of aliphatic hydroxyl groups excluding tert-OH is 5. The zero-order chi connectivity index (χ0) is 23.7. The summed E-state index contributed by atoms with van der Waals surface area (Å²) in [5.41, 5.74) is 1.54. The van der Waals surface area contributed by atoms with Gasteiger partial charge in [-0.05, 0) is 44.1 Å². The first-order valence-electron chi connectivity index (χ1n) is 11.1. The largest absolute Gasteiger partial charge is 0.504 e. The number of phenols is 1. The van der Waals surface area contributed by atoms with Crippen molar-refractivity contribution in [3.05, 3.63) is 35.4 Å². The number of hydrogen-bond donors (Lipinski definition) is 6. The van der Waals surface area contributed by atoms with Crippen molar-refractivity contribution >= 4 is 5.97 Å². The standard InChI is InChI=1S/C23H29NO9/c1-24-7-6-23-11-3-5-15(32-22(31)19(30)18(29)17(28)14(27)9-25)21(23)33-20-13(26)4-2-10(16(20)23)8-12(11)24/h2-5,11-12,14-15,17-19,21,25-30H,6-9H2,1H3/t11-,12+,14+,15-,17+,18-,19+,21-,23-/m0/s1. The van der Waals surface area contributed by atoms with Crippen LogP contribution in [0.1, 0.15) is 17.5 Å². The predicted octanol–water partition coefficient (Wildman–Crippen LogP) is -1.82. The molecule has 33 heavy (non-hydrogen) atoms. The monoisotopic (exact) mass is 463 g/mol. The van der Waals surface area contributed by atoms with Crippen LogP contribution in [0.5, 0.6) is 11.5 Å². The molecule has 2 aliphatic heterocycles. The van der Waals surface area contributed by atoms with Crippen LogP contribution in [-0.4, -0.2) is 104 Å². The van der Waals surface area contributed by atoms with Crippen LogP contribution in [-0.2, 0) is 21.4 Å². The summed E-state index contributed by atoms with van der Waals surface area (Å²) in [5, 5.41) is 59.0. The number of likely N-dealkylation sites (tertiary alicyclic amines) is 1. The fourth-order valence-corrected chi connectivity index (χ4v) is 6.19. The SMILES string of the molecule is CN1CC[C@]23c4c5ccc(O)c4O[C@H]2[C@@H](OC(=O)[C@H](O)[C@@H](O)[C@H](O)[C@H](O)CO)C=C[C@H]3[C@H]1C5. The summed E-state index contributed by atoms with van der Waals surface area (Å²) in [6, 6.07) is 3.75. The summed E-state index contributed by atoms with van der Waals surface area (Å²) >= 11 is 0. The number of benzene rings is 1. The van der Waals surface area contributed by atoms with Gasteiger partial charge in [-0.1, -0.05) is 12.1 Å². The Labute approximate surface area is 190 Å². The van der Waals surface area contributed by atoms with E-state index >= 15 is 0 Å². The Morgan fingerprint density at radius 2 is 2.00 bits per heavy atom. The van der Waals surface area contributed by atoms with Gasteiger partial charge in [0.25, 0.3) is 0 Å². The zero-order valence-electron chi connectivity index (χ0n) is 18.1. The van der Waals surface area contributed by atoms with Crippen LogP contribution in [0.3, 0.4) is 0 Å². The molecular formula is C23H29NO9. The number of aromatic hydroxyl groups is 1. The Balaban J connectivity index is 1.45. The number of esters is 1. The minimum atomic E-state index is -2.14. The second kappa shape index (κ2) is 7.93. The number of hydrogen-bond acceptors (Lipinski definition) is 10. The highest BCUT2D eigenvalue weighted by Crippen LogP contribution is 2.62. The highest BCUT2D eigenvalue weighted by atomic mass is 16.6. The summed E-state index contributed by atoms with van der Waals surface area (Å²) < 4.78 is 11.8. The molecule has 1 spiro atoms. The van der Waals surface area contributed by atoms with Gasteiger partial charge in [-0.15, -0.1) is 0 Å². The van der Waals surface area contributed by atoms with Crippen molar-refractivity contribution < 1.29 is 44.9 Å². The third-order valence-electron chi connectivity index (χ3n) is 7.88. The molecule has 0 aromatic heterocycles. The fourth-order valence-electron chi connectivity index (χ4n) is 6.19. The molecule has 10 nitrogen and oxygen atoms in total. The maximum Gasteiger partial charge on any atom is 0.338 e. The van der Waals surface area contributed by atoms with Crippen LogP contribution in [0, 0.1) is 5.92 Å². The highest BCUT2D eigenvalue weighted by Gasteiger charge is 2.65. The number of rotatable bonds is 6. The van der Waals surface area contributed by atoms with E-state index in [1.165, 1.54) is 0 Å². The van der Waals surface area contributed by atoms with Crippen molar-refractivity contribution in [2.75, 3.05) is 20.2 Å². The Morgan fingerprint density at radius 3 is 2.73 bits per heavy atom. The van der Waals surface area contributed by atoms with E-state index < -0.39 is 54.6 Å². The van der Waals surface area contributed by atoms with Gasteiger partial charge in [0.2, 0.25) is 0 Å². The summed E-state index contributed by atoms with van der Waals surface area (Å²) in [4.78, 5) is 15.0. The van der Waals surface area contributed by atoms with Gasteiger partial charge < -0.3 is 45.0 Å². The molecule has 5 rings (SSSR count). The Morgan fingerprint density at radius 1 is 1.24 bits per heavy atom. The Kier molecular flexibility index (Phi) is 5.43. The van der Waals surface area contributed by atoms with E-state index in [0.717, 1.165) is 30.5 Å². The number of ether oxygens (including phenoxy) is 2. The average Bonchev–Trinajstić information content (AvgIpc) is 3.17. The van der Waals surface area contributed by atoms with Crippen molar-refractivity contribution in [3.63, 3.8) is 0 Å². The third kappa shape index (κ3) is 3.13. The molecular weight excluding hydrogens is 434 g/mol. The minimum Gasteiger partial charge on any atom is -0.504 e. The normalized spacial score (nSPS) is 35.2. The van der Waals surface area contributed by atoms with E-state index in [1.807, 2.05) is 12.1 Å². The third-order valence-corrected chi connectivity index (χ3v) is 7.88. The number of phenolic OH excluding ortho intramolecular Hbond substituents is 1. The van der Waals surface area contributed by atoms with Crippen molar-refractivity contribution in [2.45, 2.75) is 60.9 Å². The van der Waals surface area contributed by atoms with Gasteiger partial charge in [0.05, 0.1) is 6.61 Å². The van der Waals surface area contributed by atoms with E-state index in [0.29, 0.717) is 5.75 Å². The second-order valence-corrected chi connectivity index (χ2v) is 9.52. The Bertz CT molecular complexity index is 983.